The lowest BCUT2D eigenvalue weighted by atomic mass is 10.2. The normalized spacial score (nSPS) is 10.6. The summed E-state index contributed by atoms with van der Waals surface area (Å²) >= 11 is 1.24. The number of hydrazone groups is 1. The number of esters is 1. The van der Waals surface area contributed by atoms with E-state index in [0.29, 0.717) is 16.5 Å². The van der Waals surface area contributed by atoms with Gasteiger partial charge in [0, 0.05) is 17.0 Å². The van der Waals surface area contributed by atoms with Crippen LogP contribution in [0.3, 0.4) is 0 Å². The van der Waals surface area contributed by atoms with Crippen molar-refractivity contribution in [2.45, 2.75) is 19.0 Å². The van der Waals surface area contributed by atoms with Crippen molar-refractivity contribution >= 4 is 29.9 Å². The van der Waals surface area contributed by atoms with Crippen LogP contribution < -0.4 is 10.2 Å². The van der Waals surface area contributed by atoms with E-state index in [1.165, 1.54) is 25.1 Å². The van der Waals surface area contributed by atoms with Gasteiger partial charge in [0.15, 0.2) is 11.8 Å². The molecule has 0 spiro atoms. The minimum Gasteiger partial charge on any atom is -0.481 e. The van der Waals surface area contributed by atoms with Crippen LogP contribution in [0.15, 0.2) is 40.6 Å². The molecule has 0 aliphatic heterocycles. The van der Waals surface area contributed by atoms with Crippen molar-refractivity contribution < 1.29 is 19.1 Å². The summed E-state index contributed by atoms with van der Waals surface area (Å²) in [5.74, 6) is -0.174. The molecule has 0 aliphatic rings. The lowest BCUT2D eigenvalue weighted by Crippen LogP contribution is -2.20. The van der Waals surface area contributed by atoms with Crippen LogP contribution >= 0.6 is 11.8 Å². The highest BCUT2D eigenvalue weighted by atomic mass is 32.2. The smallest absolute Gasteiger partial charge is 0.343 e. The predicted octanol–water partition coefficient (Wildman–Crippen LogP) is 1.89. The zero-order valence-corrected chi connectivity index (χ0v) is 16.1. The minimum atomic E-state index is -0.485. The van der Waals surface area contributed by atoms with Crippen LogP contribution in [-0.4, -0.2) is 47.5 Å². The average Bonchev–Trinajstić information content (AvgIpc) is 2.64. The highest BCUT2D eigenvalue weighted by Gasteiger charge is 2.07. The summed E-state index contributed by atoms with van der Waals surface area (Å²) in [5, 5.41) is 4.47. The van der Waals surface area contributed by atoms with E-state index in [2.05, 4.69) is 25.2 Å². The van der Waals surface area contributed by atoms with E-state index in [-0.39, 0.29) is 18.3 Å². The highest BCUT2D eigenvalue weighted by Crippen LogP contribution is 2.16. The number of hydrogen-bond donors (Lipinski definition) is 1. The molecule has 0 radical (unpaired) electrons. The van der Waals surface area contributed by atoms with Gasteiger partial charge in [0.05, 0.1) is 19.1 Å². The minimum absolute atomic E-state index is 0.140. The Hall–Kier alpha value is -2.94. The number of hydrogen-bond acceptors (Lipinski definition) is 8. The first-order valence-corrected chi connectivity index (χ1v) is 9.02. The monoisotopic (exact) mass is 388 g/mol. The molecule has 2 rings (SSSR count). The third-order valence-corrected chi connectivity index (χ3v) is 4.03. The Kier molecular flexibility index (Phi) is 7.75. The van der Waals surface area contributed by atoms with E-state index in [1.54, 1.807) is 24.3 Å². The molecule has 0 saturated heterocycles. The van der Waals surface area contributed by atoms with Crippen molar-refractivity contribution in [1.82, 2.24) is 15.4 Å². The molecular weight excluding hydrogens is 368 g/mol. The maximum Gasteiger partial charge on any atom is 0.343 e. The fourth-order valence-corrected chi connectivity index (χ4v) is 2.75. The number of carbonyl (C=O) groups excluding carboxylic acids is 2. The molecule has 142 valence electrons. The zero-order chi connectivity index (χ0) is 19.6. The Morgan fingerprint density at radius 3 is 2.63 bits per heavy atom. The van der Waals surface area contributed by atoms with E-state index in [9.17, 15) is 9.59 Å². The molecule has 0 unspecified atom stereocenters. The fourth-order valence-electron chi connectivity index (χ4n) is 2.01. The number of benzene rings is 1. The van der Waals surface area contributed by atoms with Gasteiger partial charge in [-0.2, -0.15) is 5.10 Å². The molecule has 2 aromatic rings. The Morgan fingerprint density at radius 1 is 1.22 bits per heavy atom. The van der Waals surface area contributed by atoms with Crippen LogP contribution in [0, 0.1) is 13.8 Å². The van der Waals surface area contributed by atoms with Gasteiger partial charge < -0.3 is 9.47 Å². The number of aryl methyl sites for hydroxylation is 2. The molecule has 0 fully saturated rings. The maximum absolute atomic E-state index is 11.9. The quantitative estimate of drug-likeness (QED) is 0.242. The van der Waals surface area contributed by atoms with Crippen molar-refractivity contribution in [2.24, 2.45) is 5.10 Å². The summed E-state index contributed by atoms with van der Waals surface area (Å²) in [4.78, 5) is 31.6. The van der Waals surface area contributed by atoms with Gasteiger partial charge in [-0.25, -0.2) is 20.2 Å². The number of amides is 1. The second kappa shape index (κ2) is 10.3. The first-order chi connectivity index (χ1) is 13.0. The average molecular weight is 388 g/mol. The summed E-state index contributed by atoms with van der Waals surface area (Å²) in [5.41, 5.74) is 4.77. The van der Waals surface area contributed by atoms with Crippen LogP contribution in [0.5, 0.6) is 5.75 Å². The fraction of sp³-hybridized carbons (Fsp3) is 0.278. The summed E-state index contributed by atoms with van der Waals surface area (Å²) in [6.07, 6.45) is 1.45. The topological polar surface area (TPSA) is 103 Å². The Morgan fingerprint density at radius 2 is 1.93 bits per heavy atom. The lowest BCUT2D eigenvalue weighted by Gasteiger charge is -2.07. The van der Waals surface area contributed by atoms with Crippen molar-refractivity contribution in [2.75, 3.05) is 19.5 Å². The largest absolute Gasteiger partial charge is 0.481 e. The molecule has 9 heteroatoms. The molecule has 1 heterocycles. The summed E-state index contributed by atoms with van der Waals surface area (Å²) in [7, 11) is 1.29. The molecular formula is C18H20N4O4S. The van der Waals surface area contributed by atoms with Crippen molar-refractivity contribution in [3.05, 3.63) is 47.3 Å². The van der Waals surface area contributed by atoms with E-state index < -0.39 is 5.97 Å². The van der Waals surface area contributed by atoms with Crippen LogP contribution in [-0.2, 0) is 14.3 Å². The number of para-hydroxylation sites is 1. The number of thioether (sulfide) groups is 1. The lowest BCUT2D eigenvalue weighted by molar-refractivity contribution is -0.142. The molecule has 0 atom stereocenters. The predicted molar refractivity (Wildman–Crippen MR) is 102 cm³/mol. The van der Waals surface area contributed by atoms with E-state index in [1.807, 2.05) is 19.9 Å². The first kappa shape index (κ1) is 20.4. The third kappa shape index (κ3) is 7.06. The number of rotatable bonds is 8. The van der Waals surface area contributed by atoms with Crippen molar-refractivity contribution in [3.63, 3.8) is 0 Å². The van der Waals surface area contributed by atoms with E-state index in [4.69, 9.17) is 4.74 Å². The Balaban J connectivity index is 1.87. The van der Waals surface area contributed by atoms with Gasteiger partial charge in [-0.3, -0.25) is 4.79 Å². The van der Waals surface area contributed by atoms with Gasteiger partial charge in [-0.15, -0.1) is 0 Å². The molecule has 0 saturated carbocycles. The number of nitrogens with zero attached hydrogens (tertiary/aromatic N) is 3. The number of nitrogens with one attached hydrogen (secondary N) is 1. The summed E-state index contributed by atoms with van der Waals surface area (Å²) in [6.45, 7) is 3.55. The molecule has 1 N–H and O–H groups in total. The number of ether oxygens (including phenoxy) is 2. The van der Waals surface area contributed by atoms with Gasteiger partial charge in [0.2, 0.25) is 0 Å². The standard InChI is InChI=1S/C18H20N4O4S/c1-12-8-13(2)21-18(20-12)27-11-16(23)22-19-9-14-6-4-5-7-15(14)26-10-17(24)25-3/h4-9H,10-11H2,1-3H3,(H,22,23)/b19-9-. The first-order valence-electron chi connectivity index (χ1n) is 8.03. The molecule has 0 bridgehead atoms. The Labute approximate surface area is 161 Å². The zero-order valence-electron chi connectivity index (χ0n) is 15.3. The molecule has 1 aromatic carbocycles. The van der Waals surface area contributed by atoms with Crippen molar-refractivity contribution in [1.29, 1.82) is 0 Å². The summed E-state index contributed by atoms with van der Waals surface area (Å²) < 4.78 is 9.91. The SMILES string of the molecule is COC(=O)COc1ccccc1/C=N\NC(=O)CSc1nc(C)cc(C)n1. The van der Waals surface area contributed by atoms with Gasteiger partial charge in [0.25, 0.3) is 5.91 Å². The third-order valence-electron chi connectivity index (χ3n) is 3.18. The molecule has 8 nitrogen and oxygen atoms in total. The number of aromatic nitrogens is 2. The van der Waals surface area contributed by atoms with Gasteiger partial charge in [-0.1, -0.05) is 23.9 Å². The summed E-state index contributed by atoms with van der Waals surface area (Å²) in [6, 6.07) is 8.87. The van der Waals surface area contributed by atoms with Crippen LogP contribution in [0.25, 0.3) is 0 Å². The van der Waals surface area contributed by atoms with Crippen LogP contribution in [0.2, 0.25) is 0 Å². The van der Waals surface area contributed by atoms with Crippen molar-refractivity contribution in [3.8, 4) is 5.75 Å². The maximum atomic E-state index is 11.9. The van der Waals surface area contributed by atoms with Crippen LogP contribution in [0.1, 0.15) is 17.0 Å². The van der Waals surface area contributed by atoms with E-state index >= 15 is 0 Å². The second-order valence-electron chi connectivity index (χ2n) is 5.42. The highest BCUT2D eigenvalue weighted by molar-refractivity contribution is 7.99. The van der Waals surface area contributed by atoms with E-state index in [0.717, 1.165) is 11.4 Å². The molecule has 0 aliphatic carbocycles. The molecule has 1 aromatic heterocycles. The van der Waals surface area contributed by atoms with Gasteiger partial charge in [-0.05, 0) is 32.0 Å². The molecule has 27 heavy (non-hydrogen) atoms. The second-order valence-corrected chi connectivity index (χ2v) is 6.36. The number of carbonyl (C=O) groups is 2. The number of methoxy groups -OCH3 is 1. The molecule has 1 amide bonds. The Bertz CT molecular complexity index is 822. The van der Waals surface area contributed by atoms with Gasteiger partial charge >= 0.3 is 5.97 Å². The van der Waals surface area contributed by atoms with Crippen LogP contribution in [0.4, 0.5) is 0 Å². The van der Waals surface area contributed by atoms with Gasteiger partial charge in [0.1, 0.15) is 5.75 Å².